The van der Waals surface area contributed by atoms with Crippen LogP contribution in [-0.4, -0.2) is 21.2 Å². The Bertz CT molecular complexity index is 2420. The van der Waals surface area contributed by atoms with Gasteiger partial charge in [0.1, 0.15) is 17.5 Å². The van der Waals surface area contributed by atoms with Crippen LogP contribution in [0.15, 0.2) is 166 Å². The van der Waals surface area contributed by atoms with Gasteiger partial charge in [0.25, 0.3) is 0 Å². The lowest BCUT2D eigenvalue weighted by Crippen LogP contribution is -2.33. The standard InChI is InChI=1S/C40H27N5O/c1-4-12-26(13-5-1)37-42-38(27-14-6-2-7-15-27)44-39(43-37)28-20-22-30(23-21-28)45-33-19-11-10-18-31(33)35-34(45)25-24-32-36(35)46-40(41-32)29-16-8-3-9-17-29/h1-25,37H,(H,42,43,44). The summed E-state index contributed by atoms with van der Waals surface area (Å²) in [6.45, 7) is 0. The second-order valence-electron chi connectivity index (χ2n) is 11.3. The Morgan fingerprint density at radius 2 is 1.26 bits per heavy atom. The van der Waals surface area contributed by atoms with Crippen molar-refractivity contribution < 1.29 is 4.42 Å². The van der Waals surface area contributed by atoms with Crippen LogP contribution in [0.3, 0.4) is 0 Å². The number of oxazole rings is 1. The minimum Gasteiger partial charge on any atom is -0.435 e. The molecule has 1 aliphatic rings. The van der Waals surface area contributed by atoms with Crippen molar-refractivity contribution in [2.45, 2.75) is 6.17 Å². The highest BCUT2D eigenvalue weighted by Gasteiger charge is 2.22. The van der Waals surface area contributed by atoms with E-state index in [1.807, 2.05) is 72.8 Å². The Morgan fingerprint density at radius 1 is 0.587 bits per heavy atom. The van der Waals surface area contributed by atoms with Crippen molar-refractivity contribution >= 4 is 44.6 Å². The zero-order chi connectivity index (χ0) is 30.5. The summed E-state index contributed by atoms with van der Waals surface area (Å²) in [5.74, 6) is 2.12. The average molecular weight is 594 g/mol. The second kappa shape index (κ2) is 10.7. The number of hydrogen-bond donors (Lipinski definition) is 1. The number of rotatable bonds is 5. The van der Waals surface area contributed by atoms with Gasteiger partial charge in [-0.2, -0.15) is 0 Å². The molecule has 0 saturated heterocycles. The molecule has 46 heavy (non-hydrogen) atoms. The van der Waals surface area contributed by atoms with Crippen LogP contribution in [-0.2, 0) is 0 Å². The lowest BCUT2D eigenvalue weighted by Gasteiger charge is -2.23. The molecule has 0 amide bonds. The van der Waals surface area contributed by atoms with Crippen molar-refractivity contribution in [1.82, 2.24) is 14.9 Å². The maximum Gasteiger partial charge on any atom is 0.227 e. The molecule has 3 heterocycles. The van der Waals surface area contributed by atoms with Crippen LogP contribution in [0.1, 0.15) is 22.9 Å². The molecular formula is C40H27N5O. The molecule has 9 rings (SSSR count). The van der Waals surface area contributed by atoms with Gasteiger partial charge in [-0.3, -0.25) is 0 Å². The van der Waals surface area contributed by atoms with Crippen molar-refractivity contribution in [2.24, 2.45) is 9.98 Å². The molecule has 6 aromatic carbocycles. The third-order valence-electron chi connectivity index (χ3n) is 8.50. The van der Waals surface area contributed by atoms with Gasteiger partial charge in [-0.05, 0) is 60.2 Å². The predicted molar refractivity (Wildman–Crippen MR) is 186 cm³/mol. The first-order chi connectivity index (χ1) is 22.8. The molecule has 0 aliphatic carbocycles. The maximum atomic E-state index is 6.46. The lowest BCUT2D eigenvalue weighted by molar-refractivity contribution is 0.623. The molecule has 2 aromatic heterocycles. The molecule has 8 aromatic rings. The SMILES string of the molecule is c1ccc(C2=NC(c3ccc(-n4c5ccccc5c5c6oc(-c7ccccc7)nc6ccc54)cc3)=NC(c3ccccc3)N2)cc1. The van der Waals surface area contributed by atoms with E-state index in [-0.39, 0.29) is 6.17 Å². The maximum absolute atomic E-state index is 6.46. The van der Waals surface area contributed by atoms with E-state index in [0.29, 0.717) is 11.7 Å². The topological polar surface area (TPSA) is 67.7 Å². The summed E-state index contributed by atoms with van der Waals surface area (Å²) < 4.78 is 8.74. The Labute approximate surface area is 265 Å². The lowest BCUT2D eigenvalue weighted by atomic mass is 10.1. The van der Waals surface area contributed by atoms with E-state index in [1.165, 1.54) is 0 Å². The van der Waals surface area contributed by atoms with Crippen LogP contribution < -0.4 is 5.32 Å². The highest BCUT2D eigenvalue weighted by atomic mass is 16.3. The molecule has 6 heteroatoms. The van der Waals surface area contributed by atoms with Crippen molar-refractivity contribution in [3.8, 4) is 17.1 Å². The molecule has 1 unspecified atom stereocenters. The van der Waals surface area contributed by atoms with Gasteiger partial charge in [-0.25, -0.2) is 15.0 Å². The molecule has 0 radical (unpaired) electrons. The highest BCUT2D eigenvalue weighted by Crippen LogP contribution is 2.38. The van der Waals surface area contributed by atoms with Gasteiger partial charge in [-0.15, -0.1) is 0 Å². The number of hydrogen-bond acceptors (Lipinski definition) is 5. The number of aliphatic imine (C=N–C) groups is 2. The van der Waals surface area contributed by atoms with Gasteiger partial charge in [0, 0.05) is 27.8 Å². The summed E-state index contributed by atoms with van der Waals surface area (Å²) in [6.07, 6.45) is -0.244. The van der Waals surface area contributed by atoms with Crippen LogP contribution >= 0.6 is 0 Å². The molecular weight excluding hydrogens is 566 g/mol. The second-order valence-corrected chi connectivity index (χ2v) is 11.3. The summed E-state index contributed by atoms with van der Waals surface area (Å²) in [5.41, 5.74) is 8.85. The van der Waals surface area contributed by atoms with Gasteiger partial charge in [0.05, 0.1) is 16.4 Å². The Hall–Kier alpha value is -6.27. The summed E-state index contributed by atoms with van der Waals surface area (Å²) in [7, 11) is 0. The highest BCUT2D eigenvalue weighted by molar-refractivity contribution is 6.19. The van der Waals surface area contributed by atoms with E-state index < -0.39 is 0 Å². The first kappa shape index (κ1) is 26.2. The Morgan fingerprint density at radius 3 is 2.02 bits per heavy atom. The minimum atomic E-state index is -0.244. The van der Waals surface area contributed by atoms with Crippen LogP contribution in [0.25, 0.3) is 50.0 Å². The van der Waals surface area contributed by atoms with Crippen LogP contribution in [0.2, 0.25) is 0 Å². The van der Waals surface area contributed by atoms with Crippen molar-refractivity contribution in [2.75, 3.05) is 0 Å². The van der Waals surface area contributed by atoms with E-state index in [9.17, 15) is 0 Å². The zero-order valence-electron chi connectivity index (χ0n) is 24.7. The average Bonchev–Trinajstić information content (AvgIpc) is 3.72. The third-order valence-corrected chi connectivity index (χ3v) is 8.50. The largest absolute Gasteiger partial charge is 0.435 e. The Kier molecular flexibility index (Phi) is 6.09. The predicted octanol–water partition coefficient (Wildman–Crippen LogP) is 9.09. The zero-order valence-corrected chi connectivity index (χ0v) is 24.7. The summed E-state index contributed by atoms with van der Waals surface area (Å²) >= 11 is 0. The first-order valence-corrected chi connectivity index (χ1v) is 15.3. The van der Waals surface area contributed by atoms with Crippen LogP contribution in [0.4, 0.5) is 0 Å². The third kappa shape index (κ3) is 4.39. The van der Waals surface area contributed by atoms with Crippen molar-refractivity contribution in [3.05, 3.63) is 168 Å². The fourth-order valence-electron chi connectivity index (χ4n) is 6.31. The molecule has 1 aliphatic heterocycles. The number of nitrogens with zero attached hydrogens (tertiary/aromatic N) is 4. The van der Waals surface area contributed by atoms with Crippen molar-refractivity contribution in [3.63, 3.8) is 0 Å². The fourth-order valence-corrected chi connectivity index (χ4v) is 6.31. The monoisotopic (exact) mass is 593 g/mol. The molecule has 6 nitrogen and oxygen atoms in total. The number of para-hydroxylation sites is 1. The van der Waals surface area contributed by atoms with Gasteiger partial charge in [-0.1, -0.05) is 97.1 Å². The molecule has 0 bridgehead atoms. The van der Waals surface area contributed by atoms with Gasteiger partial charge in [0.2, 0.25) is 5.89 Å². The summed E-state index contributed by atoms with van der Waals surface area (Å²) in [4.78, 5) is 14.9. The number of fused-ring (bicyclic) bond motifs is 5. The van der Waals surface area contributed by atoms with Gasteiger partial charge >= 0.3 is 0 Å². The smallest absolute Gasteiger partial charge is 0.227 e. The van der Waals surface area contributed by atoms with Crippen molar-refractivity contribution in [1.29, 1.82) is 0 Å². The number of benzene rings is 6. The molecule has 218 valence electrons. The quantitative estimate of drug-likeness (QED) is 0.216. The summed E-state index contributed by atoms with van der Waals surface area (Å²) in [6, 6.07) is 51.6. The van der Waals surface area contributed by atoms with Crippen LogP contribution in [0.5, 0.6) is 0 Å². The molecule has 0 saturated carbocycles. The number of nitrogens with one attached hydrogen (secondary N) is 1. The fraction of sp³-hybridized carbons (Fsp3) is 0.0250. The van der Waals surface area contributed by atoms with Crippen LogP contribution in [0, 0.1) is 0 Å². The molecule has 1 N–H and O–H groups in total. The minimum absolute atomic E-state index is 0.244. The first-order valence-electron chi connectivity index (χ1n) is 15.3. The number of aromatic nitrogens is 2. The molecule has 1 atom stereocenters. The van der Waals surface area contributed by atoms with E-state index in [1.54, 1.807) is 0 Å². The summed E-state index contributed by atoms with van der Waals surface area (Å²) in [5, 5.41) is 5.70. The molecule has 0 spiro atoms. The Balaban J connectivity index is 1.16. The van der Waals surface area contributed by atoms with Gasteiger partial charge in [0.15, 0.2) is 11.4 Å². The normalized spacial score (nSPS) is 14.7. The number of amidine groups is 2. The van der Waals surface area contributed by atoms with Gasteiger partial charge < -0.3 is 14.3 Å². The van der Waals surface area contributed by atoms with E-state index in [2.05, 4.69) is 88.7 Å². The molecule has 0 fully saturated rings. The van der Waals surface area contributed by atoms with E-state index in [4.69, 9.17) is 19.4 Å². The van der Waals surface area contributed by atoms with E-state index in [0.717, 1.165) is 66.7 Å². The van der Waals surface area contributed by atoms with E-state index >= 15 is 0 Å².